The van der Waals surface area contributed by atoms with Gasteiger partial charge in [0, 0.05) is 6.61 Å². The van der Waals surface area contributed by atoms with Crippen LogP contribution in [0.1, 0.15) is 52.0 Å². The maximum Gasteiger partial charge on any atom is 0.263 e. The number of amides is 1. The van der Waals surface area contributed by atoms with Gasteiger partial charge in [-0.15, -0.1) is 11.3 Å². The minimum atomic E-state index is -0.264. The monoisotopic (exact) mass is 344 g/mol. The van der Waals surface area contributed by atoms with Crippen molar-refractivity contribution in [1.29, 1.82) is 0 Å². The maximum absolute atomic E-state index is 12.6. The molecule has 1 atom stereocenters. The lowest BCUT2D eigenvalue weighted by Crippen LogP contribution is -2.34. The summed E-state index contributed by atoms with van der Waals surface area (Å²) in [5.74, 6) is 0.753. The van der Waals surface area contributed by atoms with Crippen LogP contribution in [0.4, 0.5) is 0 Å². The average Bonchev–Trinajstić information content (AvgIpc) is 3.05. The van der Waals surface area contributed by atoms with Crippen molar-refractivity contribution in [2.45, 2.75) is 37.3 Å². The van der Waals surface area contributed by atoms with Crippen LogP contribution < -0.4 is 10.1 Å². The third kappa shape index (κ3) is 2.91. The first-order valence-corrected chi connectivity index (χ1v) is 9.06. The van der Waals surface area contributed by atoms with Gasteiger partial charge in [-0.1, -0.05) is 12.1 Å². The van der Waals surface area contributed by atoms with E-state index in [2.05, 4.69) is 10.3 Å². The molecule has 1 aromatic heterocycles. The van der Waals surface area contributed by atoms with Crippen molar-refractivity contribution >= 4 is 17.2 Å². The molecule has 1 saturated carbocycles. The molecule has 1 N–H and O–H groups in total. The summed E-state index contributed by atoms with van der Waals surface area (Å²) in [6.07, 6.45) is 5.67. The molecule has 4 rings (SSSR count). The summed E-state index contributed by atoms with van der Waals surface area (Å²) in [7, 11) is 1.65. The van der Waals surface area contributed by atoms with Gasteiger partial charge in [0.25, 0.3) is 5.91 Å². The number of hydrogen-bond acceptors (Lipinski definition) is 5. The third-order valence-corrected chi connectivity index (χ3v) is 5.77. The number of hydrogen-bond donors (Lipinski definition) is 1. The molecule has 24 heavy (non-hydrogen) atoms. The van der Waals surface area contributed by atoms with Crippen LogP contribution in [0.5, 0.6) is 5.75 Å². The number of nitrogens with zero attached hydrogens (tertiary/aromatic N) is 1. The average molecular weight is 344 g/mol. The van der Waals surface area contributed by atoms with E-state index in [4.69, 9.17) is 9.47 Å². The lowest BCUT2D eigenvalue weighted by atomic mass is 10.0. The summed E-state index contributed by atoms with van der Waals surface area (Å²) < 4.78 is 10.9. The molecule has 2 aromatic rings. The summed E-state index contributed by atoms with van der Waals surface area (Å²) in [5, 5.41) is 4.10. The molecule has 1 aliphatic carbocycles. The van der Waals surface area contributed by atoms with Crippen molar-refractivity contribution in [3.05, 3.63) is 45.9 Å². The zero-order chi connectivity index (χ0) is 16.6. The minimum absolute atomic E-state index is 0.0583. The number of methoxy groups -OCH3 is 1. The van der Waals surface area contributed by atoms with Gasteiger partial charge in [0.15, 0.2) is 0 Å². The van der Waals surface area contributed by atoms with E-state index < -0.39 is 0 Å². The van der Waals surface area contributed by atoms with Crippen molar-refractivity contribution in [1.82, 2.24) is 10.3 Å². The van der Waals surface area contributed by atoms with Gasteiger partial charge in [-0.3, -0.25) is 4.79 Å². The Bertz CT molecular complexity index is 748. The number of carbonyl (C=O) groups is 1. The molecule has 6 heteroatoms. The highest BCUT2D eigenvalue weighted by molar-refractivity contribution is 7.13. The van der Waals surface area contributed by atoms with Gasteiger partial charge in [-0.25, -0.2) is 4.98 Å². The first-order chi connectivity index (χ1) is 11.7. The van der Waals surface area contributed by atoms with Gasteiger partial charge in [-0.2, -0.15) is 0 Å². The molecule has 2 heterocycles. The van der Waals surface area contributed by atoms with Crippen molar-refractivity contribution in [3.63, 3.8) is 0 Å². The molecule has 2 fully saturated rings. The summed E-state index contributed by atoms with van der Waals surface area (Å²) in [4.78, 5) is 17.7. The van der Waals surface area contributed by atoms with Gasteiger partial charge in [0.05, 0.1) is 18.8 Å². The molecule has 1 aromatic carbocycles. The summed E-state index contributed by atoms with van der Waals surface area (Å²) >= 11 is 1.44. The zero-order valence-electron chi connectivity index (χ0n) is 13.6. The van der Waals surface area contributed by atoms with E-state index in [9.17, 15) is 4.79 Å². The molecule has 1 saturated heterocycles. The van der Waals surface area contributed by atoms with Crippen molar-refractivity contribution < 1.29 is 14.3 Å². The van der Waals surface area contributed by atoms with E-state index in [1.807, 2.05) is 24.3 Å². The Labute approximate surface area is 145 Å². The van der Waals surface area contributed by atoms with E-state index in [1.165, 1.54) is 11.3 Å². The summed E-state index contributed by atoms with van der Waals surface area (Å²) in [6.45, 7) is 0.782. The highest BCUT2D eigenvalue weighted by atomic mass is 32.1. The SMILES string of the molecule is COc1cccc(C2(NC(=O)c3cnc(C4CCCO4)s3)CC2)c1. The minimum Gasteiger partial charge on any atom is -0.497 e. The fourth-order valence-corrected chi connectivity index (χ4v) is 4.02. The van der Waals surface area contributed by atoms with Gasteiger partial charge < -0.3 is 14.8 Å². The number of carbonyl (C=O) groups excluding carboxylic acids is 1. The van der Waals surface area contributed by atoms with Gasteiger partial charge >= 0.3 is 0 Å². The number of benzene rings is 1. The van der Waals surface area contributed by atoms with E-state index in [1.54, 1.807) is 13.3 Å². The zero-order valence-corrected chi connectivity index (χ0v) is 14.4. The first kappa shape index (κ1) is 15.6. The Morgan fingerprint density at radius 3 is 3.04 bits per heavy atom. The summed E-state index contributed by atoms with van der Waals surface area (Å²) in [5.41, 5.74) is 0.832. The van der Waals surface area contributed by atoms with Crippen LogP contribution in [-0.2, 0) is 10.3 Å². The molecule has 1 amide bonds. The van der Waals surface area contributed by atoms with E-state index >= 15 is 0 Å². The summed E-state index contributed by atoms with van der Waals surface area (Å²) in [6, 6.07) is 7.92. The Balaban J connectivity index is 1.49. The quantitative estimate of drug-likeness (QED) is 0.903. The van der Waals surface area contributed by atoms with Crippen LogP contribution in [0, 0.1) is 0 Å². The lowest BCUT2D eigenvalue weighted by Gasteiger charge is -2.18. The second-order valence-corrected chi connectivity index (χ2v) is 7.39. The molecule has 2 aliphatic rings. The van der Waals surface area contributed by atoms with Crippen LogP contribution in [0.25, 0.3) is 0 Å². The molecule has 0 bridgehead atoms. The van der Waals surface area contributed by atoms with E-state index in [0.29, 0.717) is 4.88 Å². The highest BCUT2D eigenvalue weighted by Gasteiger charge is 2.46. The molecule has 126 valence electrons. The van der Waals surface area contributed by atoms with Crippen molar-refractivity contribution in [2.24, 2.45) is 0 Å². The van der Waals surface area contributed by atoms with Crippen LogP contribution in [0.15, 0.2) is 30.5 Å². The molecule has 0 radical (unpaired) electrons. The Morgan fingerprint density at radius 2 is 2.33 bits per heavy atom. The smallest absolute Gasteiger partial charge is 0.263 e. The second kappa shape index (κ2) is 6.18. The maximum atomic E-state index is 12.6. The van der Waals surface area contributed by atoms with Gasteiger partial charge in [0.2, 0.25) is 0 Å². The number of ether oxygens (including phenoxy) is 2. The van der Waals surface area contributed by atoms with Crippen LogP contribution in [0.2, 0.25) is 0 Å². The second-order valence-electron chi connectivity index (χ2n) is 6.33. The normalized spacial score (nSPS) is 21.5. The van der Waals surface area contributed by atoms with Crippen LogP contribution in [-0.4, -0.2) is 24.6 Å². The molecule has 0 spiro atoms. The molecule has 5 nitrogen and oxygen atoms in total. The predicted octanol–water partition coefficient (Wildman–Crippen LogP) is 3.42. The molecular weight excluding hydrogens is 324 g/mol. The number of nitrogens with one attached hydrogen (secondary N) is 1. The van der Waals surface area contributed by atoms with Crippen molar-refractivity contribution in [3.8, 4) is 5.75 Å². The van der Waals surface area contributed by atoms with E-state index in [0.717, 1.165) is 48.6 Å². The van der Waals surface area contributed by atoms with E-state index in [-0.39, 0.29) is 17.6 Å². The fraction of sp³-hybridized carbons (Fsp3) is 0.444. The highest BCUT2D eigenvalue weighted by Crippen LogP contribution is 2.46. The van der Waals surface area contributed by atoms with Crippen LogP contribution >= 0.6 is 11.3 Å². The van der Waals surface area contributed by atoms with Gasteiger partial charge in [-0.05, 0) is 43.4 Å². The van der Waals surface area contributed by atoms with Gasteiger partial charge in [0.1, 0.15) is 21.7 Å². The lowest BCUT2D eigenvalue weighted by molar-refractivity contribution is 0.0934. The molecule has 1 unspecified atom stereocenters. The Morgan fingerprint density at radius 1 is 1.46 bits per heavy atom. The van der Waals surface area contributed by atoms with Crippen LogP contribution in [0.3, 0.4) is 0 Å². The first-order valence-electron chi connectivity index (χ1n) is 8.25. The molecule has 1 aliphatic heterocycles. The number of rotatable bonds is 5. The predicted molar refractivity (Wildman–Crippen MR) is 91.4 cm³/mol. The number of thiazole rings is 1. The standard InChI is InChI=1S/C18H20N2O3S/c1-22-13-5-2-4-12(10-13)18(7-8-18)20-16(21)15-11-19-17(24-15)14-6-3-9-23-14/h2,4-5,10-11,14H,3,6-9H2,1H3,(H,20,21). The fourth-order valence-electron chi connectivity index (χ4n) is 3.12. The topological polar surface area (TPSA) is 60.5 Å². The Hall–Kier alpha value is -1.92. The largest absolute Gasteiger partial charge is 0.497 e. The third-order valence-electron chi connectivity index (χ3n) is 4.68. The number of aromatic nitrogens is 1. The molecular formula is C18H20N2O3S. The Kier molecular flexibility index (Phi) is 4.02. The van der Waals surface area contributed by atoms with Crippen molar-refractivity contribution in [2.75, 3.05) is 13.7 Å².